The number of hydrogen-bond donors (Lipinski definition) is 0. The zero-order valence-electron chi connectivity index (χ0n) is 19.7. The number of nitrogens with zero attached hydrogens (tertiary/aromatic N) is 2. The van der Waals surface area contributed by atoms with Gasteiger partial charge in [-0.15, -0.1) is 0 Å². The Kier molecular flexibility index (Phi) is 5.59. The number of fused-ring (bicyclic) bond motifs is 1. The van der Waals surface area contributed by atoms with Gasteiger partial charge < -0.3 is 14.0 Å². The molecule has 0 saturated heterocycles. The zero-order valence-corrected chi connectivity index (χ0v) is 19.7. The molecular formula is C28H25FN2O5. The lowest BCUT2D eigenvalue weighted by atomic mass is 9.77. The zero-order chi connectivity index (χ0) is 24.8. The number of carbonyl (C=O) groups is 2. The average Bonchev–Trinajstić information content (AvgIpc) is 3.45. The number of aromatic nitrogens is 1. The fourth-order valence-electron chi connectivity index (χ4n) is 5.35. The third kappa shape index (κ3) is 3.86. The van der Waals surface area contributed by atoms with Crippen molar-refractivity contribution in [2.24, 2.45) is 5.92 Å². The van der Waals surface area contributed by atoms with Gasteiger partial charge in [0.25, 0.3) is 5.91 Å². The summed E-state index contributed by atoms with van der Waals surface area (Å²) >= 11 is 0. The summed E-state index contributed by atoms with van der Waals surface area (Å²) in [6.07, 6.45) is -0.724. The van der Waals surface area contributed by atoms with Gasteiger partial charge in [0.2, 0.25) is 0 Å². The Balaban J connectivity index is 1.39. The normalized spacial score (nSPS) is 25.4. The van der Waals surface area contributed by atoms with E-state index in [0.29, 0.717) is 36.5 Å². The minimum Gasteiger partial charge on any atom is -0.489 e. The number of ketones is 1. The van der Waals surface area contributed by atoms with Crippen molar-refractivity contribution in [1.82, 2.24) is 5.16 Å². The van der Waals surface area contributed by atoms with Gasteiger partial charge in [0, 0.05) is 6.07 Å². The minimum absolute atomic E-state index is 0.0276. The molecule has 3 aliphatic rings. The van der Waals surface area contributed by atoms with E-state index < -0.39 is 30.1 Å². The number of Topliss-reactive ketones (excluding diaryl/α,β-unsaturated/α-hetero) is 1. The molecule has 0 bridgehead atoms. The van der Waals surface area contributed by atoms with Crippen molar-refractivity contribution in [2.45, 2.75) is 51.1 Å². The number of halogens is 1. The van der Waals surface area contributed by atoms with Crippen LogP contribution in [0.5, 0.6) is 5.75 Å². The van der Waals surface area contributed by atoms with Gasteiger partial charge in [-0.3, -0.25) is 14.5 Å². The number of carbonyl (C=O) groups excluding carboxylic acids is 2. The first-order chi connectivity index (χ1) is 17.5. The highest BCUT2D eigenvalue weighted by molar-refractivity contribution is 6.17. The Labute approximate surface area is 207 Å². The van der Waals surface area contributed by atoms with Crippen LogP contribution >= 0.6 is 0 Å². The van der Waals surface area contributed by atoms with E-state index in [1.807, 2.05) is 54.6 Å². The summed E-state index contributed by atoms with van der Waals surface area (Å²) < 4.78 is 31.6. The number of alkyl halides is 1. The van der Waals surface area contributed by atoms with Crippen molar-refractivity contribution in [1.29, 1.82) is 0 Å². The third-order valence-corrected chi connectivity index (χ3v) is 7.07. The molecule has 3 aromatic rings. The molecule has 2 aromatic carbocycles. The molecule has 1 amide bonds. The van der Waals surface area contributed by atoms with Gasteiger partial charge in [0.15, 0.2) is 17.4 Å². The van der Waals surface area contributed by atoms with Crippen LogP contribution in [-0.4, -0.2) is 29.1 Å². The summed E-state index contributed by atoms with van der Waals surface area (Å²) in [6, 6.07) is 17.9. The second-order valence-electron chi connectivity index (χ2n) is 9.50. The summed E-state index contributed by atoms with van der Waals surface area (Å²) in [5.41, 5.74) is 1.93. The summed E-state index contributed by atoms with van der Waals surface area (Å²) in [6.45, 7) is 2.10. The number of benzene rings is 2. The third-order valence-electron chi connectivity index (χ3n) is 7.07. The maximum Gasteiger partial charge on any atom is 0.295 e. The van der Waals surface area contributed by atoms with Crippen LogP contribution < -0.4 is 9.64 Å². The van der Waals surface area contributed by atoms with Crippen LogP contribution in [0.1, 0.15) is 42.2 Å². The number of ether oxygens (including phenoxy) is 2. The molecule has 2 aliphatic heterocycles. The molecular weight excluding hydrogens is 463 g/mol. The van der Waals surface area contributed by atoms with Crippen LogP contribution in [0.3, 0.4) is 0 Å². The lowest BCUT2D eigenvalue weighted by molar-refractivity contribution is -0.133. The Hall–Kier alpha value is -3.94. The van der Waals surface area contributed by atoms with Gasteiger partial charge in [-0.1, -0.05) is 47.6 Å². The topological polar surface area (TPSA) is 81.9 Å². The number of amides is 1. The summed E-state index contributed by atoms with van der Waals surface area (Å²) in [7, 11) is 0. The fraction of sp³-hybridized carbons (Fsp3) is 0.321. The van der Waals surface area contributed by atoms with E-state index in [-0.39, 0.29) is 29.4 Å². The van der Waals surface area contributed by atoms with Crippen molar-refractivity contribution in [3.05, 3.63) is 88.9 Å². The molecule has 0 radical (unpaired) electrons. The smallest absolute Gasteiger partial charge is 0.295 e. The van der Waals surface area contributed by atoms with Gasteiger partial charge in [-0.2, -0.15) is 0 Å². The highest BCUT2D eigenvalue weighted by Crippen LogP contribution is 2.48. The van der Waals surface area contributed by atoms with Crippen molar-refractivity contribution in [3.8, 4) is 5.75 Å². The SMILES string of the molecule is Cc1cc(N2C(=O)C3=C(C(=O)C4CC(F)CCC4O3)C2c2cccc(OCc3ccccc3)c2)no1. The molecule has 3 heterocycles. The second-order valence-corrected chi connectivity index (χ2v) is 9.50. The number of rotatable bonds is 5. The maximum absolute atomic E-state index is 14.3. The number of anilines is 1. The predicted octanol–water partition coefficient (Wildman–Crippen LogP) is 5.01. The highest BCUT2D eigenvalue weighted by Gasteiger charge is 2.54. The van der Waals surface area contributed by atoms with E-state index >= 15 is 0 Å². The van der Waals surface area contributed by atoms with Crippen molar-refractivity contribution in [3.63, 3.8) is 0 Å². The molecule has 4 unspecified atom stereocenters. The molecule has 1 aromatic heterocycles. The Bertz CT molecular complexity index is 1350. The molecule has 1 aliphatic carbocycles. The monoisotopic (exact) mass is 488 g/mol. The van der Waals surface area contributed by atoms with Crippen LogP contribution in [0.4, 0.5) is 10.2 Å². The van der Waals surface area contributed by atoms with Crippen molar-refractivity contribution >= 4 is 17.5 Å². The van der Waals surface area contributed by atoms with Crippen LogP contribution in [0.15, 0.2) is 76.5 Å². The van der Waals surface area contributed by atoms with E-state index in [0.717, 1.165) is 5.56 Å². The Morgan fingerprint density at radius 1 is 1.08 bits per heavy atom. The predicted molar refractivity (Wildman–Crippen MR) is 128 cm³/mol. The van der Waals surface area contributed by atoms with Gasteiger partial charge in [-0.25, -0.2) is 4.39 Å². The lowest BCUT2D eigenvalue weighted by Gasteiger charge is -2.36. The molecule has 8 heteroatoms. The largest absolute Gasteiger partial charge is 0.489 e. The molecule has 36 heavy (non-hydrogen) atoms. The first-order valence-corrected chi connectivity index (χ1v) is 12.1. The average molecular weight is 489 g/mol. The molecule has 0 N–H and O–H groups in total. The molecule has 6 rings (SSSR count). The van der Waals surface area contributed by atoms with E-state index in [2.05, 4.69) is 5.16 Å². The molecule has 184 valence electrons. The van der Waals surface area contributed by atoms with E-state index in [1.165, 1.54) is 4.90 Å². The van der Waals surface area contributed by atoms with Gasteiger partial charge >= 0.3 is 0 Å². The standard InChI is InChI=1S/C28H25FN2O5/c1-16-12-23(30-36-16)31-25(18-8-5-9-20(13-18)34-15-17-6-3-2-4-7-17)24-26(32)21-14-19(29)10-11-22(21)35-27(24)28(31)33/h2-9,12-13,19,21-22,25H,10-11,14-15H2,1H3. The molecule has 0 spiro atoms. The highest BCUT2D eigenvalue weighted by atomic mass is 19.1. The van der Waals surface area contributed by atoms with Gasteiger partial charge in [0.1, 0.15) is 30.4 Å². The van der Waals surface area contributed by atoms with E-state index in [4.69, 9.17) is 14.0 Å². The molecule has 4 atom stereocenters. The lowest BCUT2D eigenvalue weighted by Crippen LogP contribution is -2.42. The van der Waals surface area contributed by atoms with E-state index in [1.54, 1.807) is 13.0 Å². The number of aryl methyl sites for hydroxylation is 1. The Morgan fingerprint density at radius 2 is 1.92 bits per heavy atom. The summed E-state index contributed by atoms with van der Waals surface area (Å²) in [4.78, 5) is 28.8. The molecule has 7 nitrogen and oxygen atoms in total. The summed E-state index contributed by atoms with van der Waals surface area (Å²) in [5, 5.41) is 4.05. The Morgan fingerprint density at radius 3 is 2.69 bits per heavy atom. The van der Waals surface area contributed by atoms with E-state index in [9.17, 15) is 14.0 Å². The maximum atomic E-state index is 14.3. The van der Waals surface area contributed by atoms with Crippen LogP contribution in [-0.2, 0) is 20.9 Å². The first kappa shape index (κ1) is 22.5. The van der Waals surface area contributed by atoms with Crippen molar-refractivity contribution in [2.75, 3.05) is 4.90 Å². The summed E-state index contributed by atoms with van der Waals surface area (Å²) in [5.74, 6) is 0.142. The van der Waals surface area contributed by atoms with Crippen LogP contribution in [0.2, 0.25) is 0 Å². The molecule has 1 fully saturated rings. The van der Waals surface area contributed by atoms with Crippen LogP contribution in [0.25, 0.3) is 0 Å². The van der Waals surface area contributed by atoms with Gasteiger partial charge in [0.05, 0.1) is 17.5 Å². The molecule has 1 saturated carbocycles. The number of hydrogen-bond acceptors (Lipinski definition) is 6. The van der Waals surface area contributed by atoms with Gasteiger partial charge in [-0.05, 0) is 49.4 Å². The minimum atomic E-state index is -1.06. The fourth-order valence-corrected chi connectivity index (χ4v) is 5.35. The quantitative estimate of drug-likeness (QED) is 0.502. The van der Waals surface area contributed by atoms with Crippen molar-refractivity contribution < 1.29 is 28.0 Å². The second kappa shape index (κ2) is 8.93. The first-order valence-electron chi connectivity index (χ1n) is 12.1. The van der Waals surface area contributed by atoms with Crippen LogP contribution in [0, 0.1) is 12.8 Å².